The molecule has 4 atom stereocenters. The Hall–Kier alpha value is -2.79. The first-order valence-electron chi connectivity index (χ1n) is 12.9. The molecular formula is C25H38F2N4O6. The fourth-order valence-electron chi connectivity index (χ4n) is 4.92. The van der Waals surface area contributed by atoms with Crippen molar-refractivity contribution in [3.05, 3.63) is 0 Å². The van der Waals surface area contributed by atoms with Crippen LogP contribution in [0.5, 0.6) is 0 Å². The molecule has 0 aromatic rings. The molecule has 208 valence electrons. The molecule has 0 aromatic carbocycles. The molecule has 12 heteroatoms. The number of carbonyl (C=O) groups is 5. The highest BCUT2D eigenvalue weighted by atomic mass is 19.3. The van der Waals surface area contributed by atoms with Crippen molar-refractivity contribution >= 4 is 29.6 Å². The van der Waals surface area contributed by atoms with Crippen molar-refractivity contribution < 1.29 is 37.9 Å². The summed E-state index contributed by atoms with van der Waals surface area (Å²) in [6.45, 7) is 6.02. The molecule has 3 aliphatic rings. The Kier molecular flexibility index (Phi) is 8.48. The minimum Gasteiger partial charge on any atom is -0.465 e. The first-order valence-corrected chi connectivity index (χ1v) is 12.9. The number of likely N-dealkylation sites (tertiary alicyclic amines) is 1. The van der Waals surface area contributed by atoms with Gasteiger partial charge < -0.3 is 26.0 Å². The van der Waals surface area contributed by atoms with Gasteiger partial charge in [0.25, 0.3) is 5.91 Å². The highest BCUT2D eigenvalue weighted by Gasteiger charge is 2.51. The summed E-state index contributed by atoms with van der Waals surface area (Å²) < 4.78 is 27.2. The number of amides is 4. The van der Waals surface area contributed by atoms with Gasteiger partial charge in [0.2, 0.25) is 23.5 Å². The van der Waals surface area contributed by atoms with Gasteiger partial charge in [0, 0.05) is 19.0 Å². The maximum absolute atomic E-state index is 13.6. The molecule has 3 unspecified atom stereocenters. The van der Waals surface area contributed by atoms with Gasteiger partial charge in [-0.05, 0) is 62.7 Å². The van der Waals surface area contributed by atoms with Crippen LogP contribution >= 0.6 is 0 Å². The maximum atomic E-state index is 13.6. The van der Waals surface area contributed by atoms with Crippen LogP contribution in [0, 0.1) is 17.3 Å². The Morgan fingerprint density at radius 1 is 0.973 bits per heavy atom. The predicted octanol–water partition coefficient (Wildman–Crippen LogP) is 2.06. The van der Waals surface area contributed by atoms with Gasteiger partial charge in [-0.3, -0.25) is 19.2 Å². The van der Waals surface area contributed by atoms with Gasteiger partial charge in [-0.15, -0.1) is 0 Å². The molecule has 3 fully saturated rings. The summed E-state index contributed by atoms with van der Waals surface area (Å²) in [5.41, 5.74) is -0.791. The first kappa shape index (κ1) is 28.8. The van der Waals surface area contributed by atoms with E-state index in [9.17, 15) is 37.9 Å². The second kappa shape index (κ2) is 10.9. The number of alkyl halides is 2. The van der Waals surface area contributed by atoms with E-state index in [-0.39, 0.29) is 24.4 Å². The summed E-state index contributed by atoms with van der Waals surface area (Å²) in [6, 6.07) is -3.72. The van der Waals surface area contributed by atoms with E-state index in [2.05, 4.69) is 16.0 Å². The van der Waals surface area contributed by atoms with E-state index in [0.717, 1.165) is 25.7 Å². The quantitative estimate of drug-likeness (QED) is 0.302. The van der Waals surface area contributed by atoms with Crippen molar-refractivity contribution in [1.29, 1.82) is 0 Å². The Balaban J connectivity index is 1.83. The Labute approximate surface area is 215 Å². The van der Waals surface area contributed by atoms with Crippen molar-refractivity contribution in [2.45, 2.75) is 103 Å². The number of ketones is 1. The fraction of sp³-hybridized carbons (Fsp3) is 0.800. The molecule has 0 radical (unpaired) electrons. The number of hydrogen-bond donors (Lipinski definition) is 4. The molecular weight excluding hydrogens is 490 g/mol. The van der Waals surface area contributed by atoms with Crippen molar-refractivity contribution in [2.24, 2.45) is 17.3 Å². The normalized spacial score (nSPS) is 23.7. The molecule has 1 heterocycles. The van der Waals surface area contributed by atoms with Gasteiger partial charge in [0.1, 0.15) is 12.1 Å². The first-order chi connectivity index (χ1) is 17.1. The zero-order chi connectivity index (χ0) is 27.7. The fourth-order valence-corrected chi connectivity index (χ4v) is 4.92. The average Bonchev–Trinajstić information content (AvgIpc) is 3.71. The van der Waals surface area contributed by atoms with Crippen LogP contribution in [0.25, 0.3) is 0 Å². The summed E-state index contributed by atoms with van der Waals surface area (Å²) in [5.74, 6) is -6.30. The molecule has 1 saturated heterocycles. The highest BCUT2D eigenvalue weighted by molar-refractivity contribution is 6.38. The number of carboxylic acid groups (broad SMARTS) is 1. The molecule has 2 aliphatic carbocycles. The lowest BCUT2D eigenvalue weighted by Crippen LogP contribution is -2.60. The maximum Gasteiger partial charge on any atom is 0.405 e. The van der Waals surface area contributed by atoms with E-state index >= 15 is 0 Å². The Morgan fingerprint density at radius 2 is 1.59 bits per heavy atom. The second-order valence-corrected chi connectivity index (χ2v) is 11.8. The van der Waals surface area contributed by atoms with Crippen LogP contribution < -0.4 is 16.0 Å². The molecule has 4 amide bonds. The topological polar surface area (TPSA) is 145 Å². The molecule has 4 N–H and O–H groups in total. The molecule has 10 nitrogen and oxygen atoms in total. The van der Waals surface area contributed by atoms with Crippen molar-refractivity contribution in [3.8, 4) is 0 Å². The largest absolute Gasteiger partial charge is 0.465 e. The van der Waals surface area contributed by atoms with E-state index in [1.54, 1.807) is 20.8 Å². The Bertz CT molecular complexity index is 923. The molecule has 2 saturated carbocycles. The third-order valence-electron chi connectivity index (χ3n) is 7.25. The van der Waals surface area contributed by atoms with Gasteiger partial charge in [-0.1, -0.05) is 20.8 Å². The van der Waals surface area contributed by atoms with E-state index in [4.69, 9.17) is 0 Å². The average molecular weight is 529 g/mol. The zero-order valence-corrected chi connectivity index (χ0v) is 21.8. The smallest absolute Gasteiger partial charge is 0.405 e. The van der Waals surface area contributed by atoms with Gasteiger partial charge in [0.05, 0.1) is 6.04 Å². The number of rotatable bonds is 11. The lowest BCUT2D eigenvalue weighted by molar-refractivity contribution is -0.145. The molecule has 0 bridgehead atoms. The lowest BCUT2D eigenvalue weighted by Gasteiger charge is -2.36. The van der Waals surface area contributed by atoms with Crippen LogP contribution in [0.4, 0.5) is 13.6 Å². The van der Waals surface area contributed by atoms with E-state index < -0.39 is 71.9 Å². The summed E-state index contributed by atoms with van der Waals surface area (Å²) in [6.07, 6.45) is 1.20. The van der Waals surface area contributed by atoms with Gasteiger partial charge in [0.15, 0.2) is 0 Å². The number of nitrogens with zero attached hydrogens (tertiary/aromatic N) is 1. The van der Waals surface area contributed by atoms with Crippen LogP contribution in [0.2, 0.25) is 0 Å². The SMILES string of the molecule is CC(F)(F)CCC(NC(=O)C1C(C2CC2)CCN1C(=O)[C@@H](NC(=O)O)C(C)(C)C)C(=O)C(=O)NC1CC1. The monoisotopic (exact) mass is 528 g/mol. The standard InChI is InChI=1S/C25H38F2N4O6/c1-24(2,3)19(30-23(36)37)22(35)31-12-10-15(13-5-6-13)17(31)20(33)29-16(9-11-25(4,26)27)18(32)21(34)28-14-7-8-14/h13-17,19,30H,5-12H2,1-4H3,(H,28,34)(H,29,33)(H,36,37)/t15?,16?,17?,19-/m1/s1. The highest BCUT2D eigenvalue weighted by Crippen LogP contribution is 2.45. The summed E-state index contributed by atoms with van der Waals surface area (Å²) in [7, 11) is 0. The van der Waals surface area contributed by atoms with Gasteiger partial charge in [-0.25, -0.2) is 13.6 Å². The number of carbonyl (C=O) groups excluding carboxylic acids is 4. The van der Waals surface area contributed by atoms with Crippen LogP contribution in [-0.2, 0) is 19.2 Å². The number of halogens is 2. The summed E-state index contributed by atoms with van der Waals surface area (Å²) in [4.78, 5) is 65.1. The minimum atomic E-state index is -3.11. The van der Waals surface area contributed by atoms with Crippen LogP contribution in [0.15, 0.2) is 0 Å². The second-order valence-electron chi connectivity index (χ2n) is 11.8. The summed E-state index contributed by atoms with van der Waals surface area (Å²) in [5, 5.41) is 16.6. The third kappa shape index (κ3) is 7.85. The predicted molar refractivity (Wildman–Crippen MR) is 129 cm³/mol. The molecule has 0 spiro atoms. The van der Waals surface area contributed by atoms with Crippen LogP contribution in [0.3, 0.4) is 0 Å². The van der Waals surface area contributed by atoms with Crippen LogP contribution in [0.1, 0.15) is 72.6 Å². The zero-order valence-electron chi connectivity index (χ0n) is 21.8. The van der Waals surface area contributed by atoms with E-state index in [0.29, 0.717) is 13.3 Å². The van der Waals surface area contributed by atoms with Gasteiger partial charge >= 0.3 is 6.09 Å². The minimum absolute atomic E-state index is 0.126. The van der Waals surface area contributed by atoms with E-state index in [1.165, 1.54) is 4.90 Å². The number of hydrogen-bond acceptors (Lipinski definition) is 5. The molecule has 37 heavy (non-hydrogen) atoms. The third-order valence-corrected chi connectivity index (χ3v) is 7.25. The van der Waals surface area contributed by atoms with E-state index in [1.807, 2.05) is 0 Å². The molecule has 1 aliphatic heterocycles. The van der Waals surface area contributed by atoms with Crippen molar-refractivity contribution in [2.75, 3.05) is 6.54 Å². The lowest BCUT2D eigenvalue weighted by atomic mass is 9.85. The van der Waals surface area contributed by atoms with Gasteiger partial charge in [-0.2, -0.15) is 0 Å². The molecule has 0 aromatic heterocycles. The summed E-state index contributed by atoms with van der Waals surface area (Å²) >= 11 is 0. The number of nitrogens with one attached hydrogen (secondary N) is 3. The van der Waals surface area contributed by atoms with Crippen molar-refractivity contribution in [3.63, 3.8) is 0 Å². The van der Waals surface area contributed by atoms with Crippen LogP contribution in [-0.4, -0.2) is 76.2 Å². The Morgan fingerprint density at radius 3 is 2.08 bits per heavy atom. The van der Waals surface area contributed by atoms with Crippen molar-refractivity contribution in [1.82, 2.24) is 20.9 Å². The number of Topliss-reactive ketones (excluding diaryl/α,β-unsaturated/α-hetero) is 1. The molecule has 3 rings (SSSR count).